The molecule has 0 aliphatic carbocycles. The second kappa shape index (κ2) is 10.3. The van der Waals surface area contributed by atoms with Gasteiger partial charge in [-0.05, 0) is 62.7 Å². The highest BCUT2D eigenvalue weighted by Gasteiger charge is 2.22. The van der Waals surface area contributed by atoms with E-state index in [4.69, 9.17) is 14.2 Å². The van der Waals surface area contributed by atoms with Crippen LogP contribution in [-0.4, -0.2) is 40.7 Å². The highest BCUT2D eigenvalue weighted by molar-refractivity contribution is 7.89. The second-order valence-electron chi connectivity index (χ2n) is 6.82. The number of hydrogen-bond acceptors (Lipinski definition) is 6. The highest BCUT2D eigenvalue weighted by atomic mass is 32.2. The number of carbonyl (C=O) groups is 1. The number of amides is 1. The van der Waals surface area contributed by atoms with Gasteiger partial charge in [0, 0.05) is 6.04 Å². The van der Waals surface area contributed by atoms with Crippen LogP contribution in [0, 0.1) is 0 Å². The third-order valence-corrected chi connectivity index (χ3v) is 5.79. The molecular weight excluding hydrogens is 408 g/mol. The van der Waals surface area contributed by atoms with Crippen LogP contribution >= 0.6 is 0 Å². The predicted octanol–water partition coefficient (Wildman–Crippen LogP) is 3.19. The molecule has 164 valence electrons. The molecule has 0 aromatic heterocycles. The minimum Gasteiger partial charge on any atom is -0.497 e. The Kier molecular flexibility index (Phi) is 8.08. The van der Waals surface area contributed by atoms with Gasteiger partial charge in [0.15, 0.2) is 6.10 Å². The van der Waals surface area contributed by atoms with Gasteiger partial charge in [-0.3, -0.25) is 4.79 Å². The van der Waals surface area contributed by atoms with Crippen LogP contribution in [0.2, 0.25) is 0 Å². The highest BCUT2D eigenvalue weighted by Crippen LogP contribution is 2.28. The summed E-state index contributed by atoms with van der Waals surface area (Å²) in [5.41, 5.74) is 0.242. The number of ether oxygens (including phenoxy) is 3. The van der Waals surface area contributed by atoms with E-state index in [2.05, 4.69) is 10.0 Å². The SMILES string of the molecule is CC[C@H](Oc1ccc(OC)cc1)C(=O)Nc1cc(S(=O)(=O)NC(C)C)ccc1OC. The lowest BCUT2D eigenvalue weighted by atomic mass is 10.2. The Labute approximate surface area is 177 Å². The Morgan fingerprint density at radius 3 is 2.17 bits per heavy atom. The van der Waals surface area contributed by atoms with Crippen LogP contribution in [0.25, 0.3) is 0 Å². The van der Waals surface area contributed by atoms with Crippen LogP contribution in [-0.2, 0) is 14.8 Å². The molecule has 9 heteroatoms. The fourth-order valence-corrected chi connectivity index (χ4v) is 3.96. The number of hydrogen-bond donors (Lipinski definition) is 2. The van der Waals surface area contributed by atoms with Gasteiger partial charge in [0.05, 0.1) is 24.8 Å². The Morgan fingerprint density at radius 1 is 1.00 bits per heavy atom. The predicted molar refractivity (Wildman–Crippen MR) is 115 cm³/mol. The van der Waals surface area contributed by atoms with Crippen molar-refractivity contribution in [3.8, 4) is 17.2 Å². The maximum atomic E-state index is 12.8. The number of anilines is 1. The molecule has 0 heterocycles. The van der Waals surface area contributed by atoms with Crippen molar-refractivity contribution in [1.82, 2.24) is 4.72 Å². The Balaban J connectivity index is 2.23. The maximum Gasteiger partial charge on any atom is 0.265 e. The molecule has 1 atom stereocenters. The van der Waals surface area contributed by atoms with Crippen molar-refractivity contribution >= 4 is 21.6 Å². The van der Waals surface area contributed by atoms with E-state index in [9.17, 15) is 13.2 Å². The van der Waals surface area contributed by atoms with Crippen LogP contribution in [0.1, 0.15) is 27.2 Å². The number of sulfonamides is 1. The van der Waals surface area contributed by atoms with E-state index in [1.165, 1.54) is 25.3 Å². The molecule has 2 aromatic carbocycles. The molecule has 0 spiro atoms. The van der Waals surface area contributed by atoms with Crippen LogP contribution in [0.3, 0.4) is 0 Å². The number of benzene rings is 2. The number of carbonyl (C=O) groups excluding carboxylic acids is 1. The normalized spacial score (nSPS) is 12.3. The maximum absolute atomic E-state index is 12.8. The number of methoxy groups -OCH3 is 2. The van der Waals surface area contributed by atoms with Crippen molar-refractivity contribution in [2.75, 3.05) is 19.5 Å². The monoisotopic (exact) mass is 436 g/mol. The summed E-state index contributed by atoms with van der Waals surface area (Å²) in [7, 11) is -0.717. The van der Waals surface area contributed by atoms with Crippen molar-refractivity contribution in [3.05, 3.63) is 42.5 Å². The Hall–Kier alpha value is -2.78. The van der Waals surface area contributed by atoms with E-state index in [0.29, 0.717) is 23.7 Å². The molecule has 30 heavy (non-hydrogen) atoms. The summed E-state index contributed by atoms with van der Waals surface area (Å²) in [6.45, 7) is 5.27. The molecule has 0 fully saturated rings. The van der Waals surface area contributed by atoms with Gasteiger partial charge in [-0.2, -0.15) is 0 Å². The van der Waals surface area contributed by atoms with Gasteiger partial charge in [0.25, 0.3) is 5.91 Å². The van der Waals surface area contributed by atoms with Gasteiger partial charge in [-0.15, -0.1) is 0 Å². The zero-order valence-electron chi connectivity index (χ0n) is 17.8. The molecule has 0 unspecified atom stereocenters. The van der Waals surface area contributed by atoms with Gasteiger partial charge in [0.2, 0.25) is 10.0 Å². The topological polar surface area (TPSA) is 103 Å². The van der Waals surface area contributed by atoms with E-state index < -0.39 is 22.0 Å². The fourth-order valence-electron chi connectivity index (χ4n) is 2.68. The largest absolute Gasteiger partial charge is 0.497 e. The van der Waals surface area contributed by atoms with Crippen molar-refractivity contribution in [3.63, 3.8) is 0 Å². The van der Waals surface area contributed by atoms with Gasteiger partial charge < -0.3 is 19.5 Å². The Morgan fingerprint density at radius 2 is 1.63 bits per heavy atom. The lowest BCUT2D eigenvalue weighted by Gasteiger charge is -2.19. The number of rotatable bonds is 10. The first-order valence-electron chi connectivity index (χ1n) is 9.52. The van der Waals surface area contributed by atoms with Crippen LogP contribution in [0.5, 0.6) is 17.2 Å². The summed E-state index contributed by atoms with van der Waals surface area (Å²) in [6.07, 6.45) is -0.371. The molecular formula is C21H28N2O6S. The first kappa shape index (κ1) is 23.5. The zero-order chi connectivity index (χ0) is 22.3. The summed E-state index contributed by atoms with van der Waals surface area (Å²) in [4.78, 5) is 12.8. The van der Waals surface area contributed by atoms with Gasteiger partial charge >= 0.3 is 0 Å². The summed E-state index contributed by atoms with van der Waals surface area (Å²) in [5, 5.41) is 2.72. The van der Waals surface area contributed by atoms with Crippen LogP contribution < -0.4 is 24.2 Å². The molecule has 2 aromatic rings. The molecule has 0 aliphatic rings. The standard InChI is InChI=1S/C21H28N2O6S/c1-6-19(29-16-9-7-15(27-4)8-10-16)21(24)22-18-13-17(11-12-20(18)28-5)30(25,26)23-14(2)3/h7-14,19,23H,6H2,1-5H3,(H,22,24)/t19-/m0/s1. The first-order chi connectivity index (χ1) is 14.2. The Bertz CT molecular complexity index is 958. The lowest BCUT2D eigenvalue weighted by Crippen LogP contribution is -2.33. The third kappa shape index (κ3) is 6.11. The van der Waals surface area contributed by atoms with Gasteiger partial charge in [-0.25, -0.2) is 13.1 Å². The molecule has 0 aliphatic heterocycles. The van der Waals surface area contributed by atoms with Crippen LogP contribution in [0.15, 0.2) is 47.4 Å². The molecule has 0 radical (unpaired) electrons. The lowest BCUT2D eigenvalue weighted by molar-refractivity contribution is -0.122. The zero-order valence-corrected chi connectivity index (χ0v) is 18.6. The average molecular weight is 437 g/mol. The van der Waals surface area contributed by atoms with E-state index in [1.54, 1.807) is 45.2 Å². The summed E-state index contributed by atoms with van der Waals surface area (Å²) in [6, 6.07) is 10.9. The fraction of sp³-hybridized carbons (Fsp3) is 0.381. The molecule has 0 saturated carbocycles. The minimum atomic E-state index is -3.72. The quantitative estimate of drug-likeness (QED) is 0.593. The average Bonchev–Trinajstić information content (AvgIpc) is 2.71. The molecule has 8 nitrogen and oxygen atoms in total. The third-order valence-electron chi connectivity index (χ3n) is 4.13. The molecule has 2 rings (SSSR count). The van der Waals surface area contributed by atoms with Crippen molar-refractivity contribution in [1.29, 1.82) is 0 Å². The van der Waals surface area contributed by atoms with Crippen molar-refractivity contribution in [2.24, 2.45) is 0 Å². The van der Waals surface area contributed by atoms with Gasteiger partial charge in [-0.1, -0.05) is 6.92 Å². The molecule has 0 saturated heterocycles. The first-order valence-corrected chi connectivity index (χ1v) is 11.0. The summed E-state index contributed by atoms with van der Waals surface area (Å²) >= 11 is 0. The summed E-state index contributed by atoms with van der Waals surface area (Å²) < 4.78 is 43.6. The smallest absolute Gasteiger partial charge is 0.265 e. The second-order valence-corrected chi connectivity index (χ2v) is 8.53. The van der Waals surface area contributed by atoms with E-state index in [1.807, 2.05) is 6.92 Å². The van der Waals surface area contributed by atoms with Crippen molar-refractivity contribution in [2.45, 2.75) is 44.2 Å². The van der Waals surface area contributed by atoms with E-state index in [-0.39, 0.29) is 16.6 Å². The van der Waals surface area contributed by atoms with E-state index >= 15 is 0 Å². The van der Waals surface area contributed by atoms with Gasteiger partial charge in [0.1, 0.15) is 17.2 Å². The van der Waals surface area contributed by atoms with Crippen molar-refractivity contribution < 1.29 is 27.4 Å². The minimum absolute atomic E-state index is 0.0245. The molecule has 0 bridgehead atoms. The molecule has 1 amide bonds. The summed E-state index contributed by atoms with van der Waals surface area (Å²) in [5.74, 6) is 1.11. The number of nitrogens with one attached hydrogen (secondary N) is 2. The van der Waals surface area contributed by atoms with Crippen LogP contribution in [0.4, 0.5) is 5.69 Å². The molecule has 2 N–H and O–H groups in total. The van der Waals surface area contributed by atoms with E-state index in [0.717, 1.165) is 0 Å².